The minimum absolute atomic E-state index is 0.0469. The molecule has 0 amide bonds. The summed E-state index contributed by atoms with van der Waals surface area (Å²) in [6.07, 6.45) is 1.63. The van der Waals surface area contributed by atoms with E-state index in [2.05, 4.69) is 4.98 Å². The zero-order chi connectivity index (χ0) is 11.7. The molecule has 1 aromatic carbocycles. The van der Waals surface area contributed by atoms with E-state index in [1.807, 2.05) is 13.1 Å². The molecule has 0 aliphatic rings. The molecule has 84 valence electrons. The van der Waals surface area contributed by atoms with Gasteiger partial charge in [-0.2, -0.15) is 0 Å². The van der Waals surface area contributed by atoms with Crippen LogP contribution in [0.1, 0.15) is 5.69 Å². The van der Waals surface area contributed by atoms with Crippen molar-refractivity contribution in [3.63, 3.8) is 0 Å². The van der Waals surface area contributed by atoms with Crippen LogP contribution in [-0.2, 0) is 13.7 Å². The SMILES string of the molecule is Cn1c(CO)cnc1-c1ccc(Cl)cc1Cl. The topological polar surface area (TPSA) is 38.0 Å². The van der Waals surface area contributed by atoms with Gasteiger partial charge >= 0.3 is 0 Å². The summed E-state index contributed by atoms with van der Waals surface area (Å²) < 4.78 is 1.80. The summed E-state index contributed by atoms with van der Waals surface area (Å²) in [6.45, 7) is -0.0469. The van der Waals surface area contributed by atoms with Gasteiger partial charge in [0.15, 0.2) is 0 Å². The number of aromatic nitrogens is 2. The van der Waals surface area contributed by atoms with Gasteiger partial charge in [0.2, 0.25) is 0 Å². The number of rotatable bonds is 2. The van der Waals surface area contributed by atoms with Crippen LogP contribution in [0.3, 0.4) is 0 Å². The van der Waals surface area contributed by atoms with Gasteiger partial charge in [0, 0.05) is 17.6 Å². The molecule has 0 saturated heterocycles. The second-order valence-corrected chi connectivity index (χ2v) is 4.26. The highest BCUT2D eigenvalue weighted by atomic mass is 35.5. The molecule has 2 rings (SSSR count). The lowest BCUT2D eigenvalue weighted by Gasteiger charge is -2.06. The highest BCUT2D eigenvalue weighted by Crippen LogP contribution is 2.29. The van der Waals surface area contributed by atoms with Crippen molar-refractivity contribution in [2.75, 3.05) is 0 Å². The van der Waals surface area contributed by atoms with Gasteiger partial charge in [0.05, 0.1) is 23.5 Å². The van der Waals surface area contributed by atoms with E-state index < -0.39 is 0 Å². The maximum atomic E-state index is 9.08. The lowest BCUT2D eigenvalue weighted by atomic mass is 10.2. The Labute approximate surface area is 103 Å². The fourth-order valence-corrected chi connectivity index (χ4v) is 2.01. The molecule has 3 nitrogen and oxygen atoms in total. The maximum absolute atomic E-state index is 9.08. The van der Waals surface area contributed by atoms with Crippen LogP contribution in [0, 0.1) is 0 Å². The molecule has 0 atom stereocenters. The average molecular weight is 257 g/mol. The van der Waals surface area contributed by atoms with Crippen molar-refractivity contribution in [1.82, 2.24) is 9.55 Å². The summed E-state index contributed by atoms with van der Waals surface area (Å²) in [5, 5.41) is 10.2. The standard InChI is InChI=1S/C11H10Cl2N2O/c1-15-8(6-16)5-14-11(15)9-3-2-7(12)4-10(9)13/h2-5,16H,6H2,1H3. The Balaban J connectivity index is 2.54. The number of aliphatic hydroxyl groups is 1. The van der Waals surface area contributed by atoms with Gasteiger partial charge < -0.3 is 9.67 Å². The van der Waals surface area contributed by atoms with Crippen LogP contribution in [0.2, 0.25) is 10.0 Å². The van der Waals surface area contributed by atoms with Crippen LogP contribution < -0.4 is 0 Å². The predicted molar refractivity (Wildman–Crippen MR) is 64.6 cm³/mol. The average Bonchev–Trinajstić information content (AvgIpc) is 2.60. The summed E-state index contributed by atoms with van der Waals surface area (Å²) in [5.74, 6) is 0.714. The van der Waals surface area contributed by atoms with Gasteiger partial charge in [-0.15, -0.1) is 0 Å². The smallest absolute Gasteiger partial charge is 0.141 e. The highest BCUT2D eigenvalue weighted by molar-refractivity contribution is 6.36. The normalized spacial score (nSPS) is 10.8. The molecule has 1 heterocycles. The van der Waals surface area contributed by atoms with E-state index in [0.717, 1.165) is 11.3 Å². The molecule has 0 aliphatic heterocycles. The van der Waals surface area contributed by atoms with Crippen molar-refractivity contribution in [2.24, 2.45) is 7.05 Å². The molecular weight excluding hydrogens is 247 g/mol. The third-order valence-corrected chi connectivity index (χ3v) is 2.97. The van der Waals surface area contributed by atoms with Crippen LogP contribution in [0.5, 0.6) is 0 Å². The summed E-state index contributed by atoms with van der Waals surface area (Å²) >= 11 is 11.9. The largest absolute Gasteiger partial charge is 0.390 e. The Kier molecular flexibility index (Phi) is 3.19. The summed E-state index contributed by atoms with van der Waals surface area (Å²) in [4.78, 5) is 4.22. The fourth-order valence-electron chi connectivity index (χ4n) is 1.51. The molecule has 0 unspecified atom stereocenters. The Morgan fingerprint density at radius 3 is 2.69 bits per heavy atom. The van der Waals surface area contributed by atoms with Crippen molar-refractivity contribution in [2.45, 2.75) is 6.61 Å². The molecule has 0 spiro atoms. The molecule has 1 N–H and O–H groups in total. The molecular formula is C11H10Cl2N2O. The molecule has 0 aliphatic carbocycles. The number of imidazole rings is 1. The van der Waals surface area contributed by atoms with E-state index in [0.29, 0.717) is 15.9 Å². The van der Waals surface area contributed by atoms with Crippen LogP contribution in [0.25, 0.3) is 11.4 Å². The first-order chi connectivity index (χ1) is 7.63. The first-order valence-corrected chi connectivity index (χ1v) is 5.46. The highest BCUT2D eigenvalue weighted by Gasteiger charge is 2.11. The van der Waals surface area contributed by atoms with Gasteiger partial charge in [-0.1, -0.05) is 23.2 Å². The van der Waals surface area contributed by atoms with E-state index in [9.17, 15) is 0 Å². The Morgan fingerprint density at radius 2 is 2.12 bits per heavy atom. The summed E-state index contributed by atoms with van der Waals surface area (Å²) in [6, 6.07) is 5.25. The van der Waals surface area contributed by atoms with Crippen molar-refractivity contribution >= 4 is 23.2 Å². The van der Waals surface area contributed by atoms with Crippen molar-refractivity contribution in [1.29, 1.82) is 0 Å². The molecule has 16 heavy (non-hydrogen) atoms. The Morgan fingerprint density at radius 1 is 1.38 bits per heavy atom. The molecule has 0 radical (unpaired) electrons. The zero-order valence-corrected chi connectivity index (χ0v) is 10.1. The zero-order valence-electron chi connectivity index (χ0n) is 8.61. The minimum Gasteiger partial charge on any atom is -0.390 e. The van der Waals surface area contributed by atoms with Crippen LogP contribution in [0.15, 0.2) is 24.4 Å². The monoisotopic (exact) mass is 256 g/mol. The van der Waals surface area contributed by atoms with Crippen LogP contribution >= 0.6 is 23.2 Å². The van der Waals surface area contributed by atoms with Gasteiger partial charge in [-0.05, 0) is 18.2 Å². The molecule has 5 heteroatoms. The molecule has 0 saturated carbocycles. The van der Waals surface area contributed by atoms with Gasteiger partial charge in [-0.25, -0.2) is 4.98 Å². The predicted octanol–water partition coefficient (Wildman–Crippen LogP) is 2.89. The summed E-state index contributed by atoms with van der Waals surface area (Å²) in [7, 11) is 1.83. The first-order valence-electron chi connectivity index (χ1n) is 4.70. The molecule has 0 bridgehead atoms. The quantitative estimate of drug-likeness (QED) is 0.898. The van der Waals surface area contributed by atoms with Gasteiger partial charge in [0.25, 0.3) is 0 Å². The first kappa shape index (κ1) is 11.5. The van der Waals surface area contributed by atoms with E-state index >= 15 is 0 Å². The number of hydrogen-bond donors (Lipinski definition) is 1. The third-order valence-electron chi connectivity index (χ3n) is 2.42. The molecule has 1 aromatic heterocycles. The minimum atomic E-state index is -0.0469. The number of hydrogen-bond acceptors (Lipinski definition) is 2. The Bertz CT molecular complexity index is 523. The lowest BCUT2D eigenvalue weighted by Crippen LogP contribution is -1.98. The van der Waals surface area contributed by atoms with Gasteiger partial charge in [0.1, 0.15) is 5.82 Å². The van der Waals surface area contributed by atoms with Gasteiger partial charge in [-0.3, -0.25) is 0 Å². The summed E-state index contributed by atoms with van der Waals surface area (Å²) in [5.41, 5.74) is 1.54. The van der Waals surface area contributed by atoms with Crippen molar-refractivity contribution in [3.05, 3.63) is 40.1 Å². The number of benzene rings is 1. The van der Waals surface area contributed by atoms with Crippen molar-refractivity contribution < 1.29 is 5.11 Å². The number of nitrogens with zero attached hydrogens (tertiary/aromatic N) is 2. The van der Waals surface area contributed by atoms with E-state index in [-0.39, 0.29) is 6.61 Å². The van der Waals surface area contributed by atoms with Crippen molar-refractivity contribution in [3.8, 4) is 11.4 Å². The lowest BCUT2D eigenvalue weighted by molar-refractivity contribution is 0.273. The third kappa shape index (κ3) is 1.94. The number of halogens is 2. The van der Waals surface area contributed by atoms with Crippen LogP contribution in [-0.4, -0.2) is 14.7 Å². The molecule has 2 aromatic rings. The number of aliphatic hydroxyl groups excluding tert-OH is 1. The fraction of sp³-hybridized carbons (Fsp3) is 0.182. The van der Waals surface area contributed by atoms with E-state index in [1.54, 1.807) is 22.9 Å². The molecule has 0 fully saturated rings. The second kappa shape index (κ2) is 4.45. The van der Waals surface area contributed by atoms with E-state index in [4.69, 9.17) is 28.3 Å². The Hall–Kier alpha value is -1.03. The van der Waals surface area contributed by atoms with Crippen LogP contribution in [0.4, 0.5) is 0 Å². The second-order valence-electron chi connectivity index (χ2n) is 3.41. The maximum Gasteiger partial charge on any atom is 0.141 e. The van der Waals surface area contributed by atoms with E-state index in [1.165, 1.54) is 0 Å².